The fraction of sp³-hybridized carbons (Fsp3) is 1.00. The summed E-state index contributed by atoms with van der Waals surface area (Å²) in [5.41, 5.74) is 0. The minimum absolute atomic E-state index is 0.179. The summed E-state index contributed by atoms with van der Waals surface area (Å²) >= 11 is 0. The van der Waals surface area contributed by atoms with E-state index in [2.05, 4.69) is 6.92 Å². The van der Waals surface area contributed by atoms with Crippen molar-refractivity contribution in [2.45, 2.75) is 147 Å². The van der Waals surface area contributed by atoms with Crippen LogP contribution in [0, 0.1) is 0 Å². The van der Waals surface area contributed by atoms with Crippen LogP contribution < -0.4 is 0 Å². The van der Waals surface area contributed by atoms with Gasteiger partial charge in [-0.25, -0.2) is 13.0 Å². The van der Waals surface area contributed by atoms with Crippen LogP contribution in [0.15, 0.2) is 0 Å². The van der Waals surface area contributed by atoms with Gasteiger partial charge in [0.05, 0.1) is 17.1 Å². The molecule has 0 aromatic heterocycles. The van der Waals surface area contributed by atoms with E-state index in [1.165, 1.54) is 83.5 Å². The van der Waals surface area contributed by atoms with Crippen molar-refractivity contribution in [1.82, 2.24) is 0 Å². The second kappa shape index (κ2) is 17.5. The zero-order valence-electron chi connectivity index (χ0n) is 20.4. The van der Waals surface area contributed by atoms with Gasteiger partial charge in [-0.15, -0.1) is 0 Å². The molecule has 1 saturated carbocycles. The summed E-state index contributed by atoms with van der Waals surface area (Å²) in [5, 5.41) is -0.524. The standard InChI is InChI=1S/C24H49O6PS/c1-2-3-4-5-6-7-8-9-10-11-12-13-14-15-16-17-21-32(28,29)24-20-18-19-23(22-24)30-31(25,26)27/h23-24H,2-22H2,1H3,(H2,25,26,27). The van der Waals surface area contributed by atoms with Gasteiger partial charge in [0.1, 0.15) is 0 Å². The molecule has 2 atom stereocenters. The summed E-state index contributed by atoms with van der Waals surface area (Å²) in [7, 11) is -7.79. The predicted molar refractivity (Wildman–Crippen MR) is 133 cm³/mol. The van der Waals surface area contributed by atoms with Gasteiger partial charge in [0.2, 0.25) is 0 Å². The van der Waals surface area contributed by atoms with Crippen LogP contribution in [-0.4, -0.2) is 35.3 Å². The first-order valence-corrected chi connectivity index (χ1v) is 16.4. The molecule has 0 aliphatic heterocycles. The van der Waals surface area contributed by atoms with E-state index >= 15 is 0 Å². The molecule has 0 bridgehead atoms. The van der Waals surface area contributed by atoms with Crippen LogP contribution >= 0.6 is 7.82 Å². The van der Waals surface area contributed by atoms with Gasteiger partial charge in [-0.3, -0.25) is 4.52 Å². The van der Waals surface area contributed by atoms with E-state index in [1.807, 2.05) is 0 Å². The van der Waals surface area contributed by atoms with Crippen LogP contribution in [-0.2, 0) is 18.9 Å². The van der Waals surface area contributed by atoms with E-state index in [9.17, 15) is 13.0 Å². The topological polar surface area (TPSA) is 101 Å². The average Bonchev–Trinajstić information content (AvgIpc) is 2.72. The van der Waals surface area contributed by atoms with Crippen LogP contribution in [0.2, 0.25) is 0 Å². The molecule has 2 unspecified atom stereocenters. The molecule has 0 aromatic rings. The second-order valence-corrected chi connectivity index (χ2v) is 13.3. The maximum atomic E-state index is 12.6. The highest BCUT2D eigenvalue weighted by molar-refractivity contribution is 7.92. The van der Waals surface area contributed by atoms with E-state index in [4.69, 9.17) is 14.3 Å². The van der Waals surface area contributed by atoms with Crippen molar-refractivity contribution < 1.29 is 27.3 Å². The number of unbranched alkanes of at least 4 members (excludes halogenated alkanes) is 15. The minimum atomic E-state index is -4.56. The first kappa shape index (κ1) is 30.1. The van der Waals surface area contributed by atoms with Gasteiger partial charge in [-0.1, -0.05) is 103 Å². The molecule has 0 aromatic carbocycles. The van der Waals surface area contributed by atoms with Crippen LogP contribution in [0.4, 0.5) is 0 Å². The molecule has 0 radical (unpaired) electrons. The van der Waals surface area contributed by atoms with Gasteiger partial charge in [0.25, 0.3) is 0 Å². The van der Waals surface area contributed by atoms with E-state index < -0.39 is 29.0 Å². The monoisotopic (exact) mass is 496 g/mol. The van der Waals surface area contributed by atoms with Crippen LogP contribution in [0.3, 0.4) is 0 Å². The molecular formula is C24H49O6PS. The molecule has 0 amide bonds. The number of sulfone groups is 1. The van der Waals surface area contributed by atoms with Gasteiger partial charge >= 0.3 is 7.82 Å². The van der Waals surface area contributed by atoms with Gasteiger partial charge in [-0.05, 0) is 32.1 Å². The predicted octanol–water partition coefficient (Wildman–Crippen LogP) is 7.08. The Hall–Kier alpha value is 0.0600. The Kier molecular flexibility index (Phi) is 16.4. The van der Waals surface area contributed by atoms with Crippen LogP contribution in [0.1, 0.15) is 135 Å². The summed E-state index contributed by atoms with van der Waals surface area (Å²) in [4.78, 5) is 17.9. The zero-order chi connectivity index (χ0) is 23.7. The number of phosphoric acid groups is 1. The lowest BCUT2D eigenvalue weighted by molar-refractivity contribution is 0.105. The summed E-state index contributed by atoms with van der Waals surface area (Å²) in [6.07, 6.45) is 21.4. The normalized spacial score (nSPS) is 20.0. The van der Waals surface area contributed by atoms with Gasteiger partial charge in [-0.2, -0.15) is 0 Å². The Bertz CT molecular complexity index is 604. The molecule has 8 heteroatoms. The Labute approximate surface area is 197 Å². The molecule has 0 saturated heterocycles. The van der Waals surface area contributed by atoms with Gasteiger partial charge in [0.15, 0.2) is 9.84 Å². The highest BCUT2D eigenvalue weighted by Gasteiger charge is 2.34. The van der Waals surface area contributed by atoms with Crippen molar-refractivity contribution >= 4 is 17.7 Å². The van der Waals surface area contributed by atoms with Crippen molar-refractivity contribution in [3.05, 3.63) is 0 Å². The second-order valence-electron chi connectivity index (χ2n) is 9.68. The SMILES string of the molecule is CCCCCCCCCCCCCCCCCCS(=O)(=O)C1CCCC(OP(=O)(O)O)C1. The smallest absolute Gasteiger partial charge is 0.303 e. The molecule has 32 heavy (non-hydrogen) atoms. The maximum absolute atomic E-state index is 12.6. The summed E-state index contributed by atoms with van der Waals surface area (Å²) in [6.45, 7) is 2.26. The quantitative estimate of drug-likeness (QED) is 0.138. The Balaban J connectivity index is 1.97. The van der Waals surface area contributed by atoms with Crippen LogP contribution in [0.5, 0.6) is 0 Å². The Morgan fingerprint density at radius 1 is 0.750 bits per heavy atom. The average molecular weight is 497 g/mol. The van der Waals surface area contributed by atoms with Crippen molar-refractivity contribution in [2.75, 3.05) is 5.75 Å². The van der Waals surface area contributed by atoms with Crippen LogP contribution in [0.25, 0.3) is 0 Å². The molecule has 192 valence electrons. The molecule has 0 spiro atoms. The zero-order valence-corrected chi connectivity index (χ0v) is 22.1. The minimum Gasteiger partial charge on any atom is -0.303 e. The number of hydrogen-bond donors (Lipinski definition) is 2. The largest absolute Gasteiger partial charge is 0.469 e. The molecule has 6 nitrogen and oxygen atoms in total. The van der Waals surface area contributed by atoms with E-state index in [0.29, 0.717) is 25.7 Å². The summed E-state index contributed by atoms with van der Waals surface area (Å²) in [6, 6.07) is 0. The third kappa shape index (κ3) is 15.8. The fourth-order valence-corrected chi connectivity index (χ4v) is 7.29. The van der Waals surface area contributed by atoms with Gasteiger partial charge < -0.3 is 9.79 Å². The van der Waals surface area contributed by atoms with E-state index in [-0.39, 0.29) is 12.2 Å². The van der Waals surface area contributed by atoms with Crippen molar-refractivity contribution in [3.8, 4) is 0 Å². The number of rotatable bonds is 20. The Morgan fingerprint density at radius 2 is 1.19 bits per heavy atom. The molecule has 2 N–H and O–H groups in total. The fourth-order valence-electron chi connectivity index (χ4n) is 4.74. The highest BCUT2D eigenvalue weighted by atomic mass is 32.2. The number of hydrogen-bond acceptors (Lipinski definition) is 4. The van der Waals surface area contributed by atoms with E-state index in [1.54, 1.807) is 0 Å². The molecule has 1 rings (SSSR count). The molecule has 1 fully saturated rings. The first-order valence-electron chi connectivity index (χ1n) is 13.2. The first-order chi connectivity index (χ1) is 15.2. The third-order valence-corrected chi connectivity index (χ3v) is 9.53. The maximum Gasteiger partial charge on any atom is 0.469 e. The Morgan fingerprint density at radius 3 is 1.62 bits per heavy atom. The molecular weight excluding hydrogens is 447 g/mol. The highest BCUT2D eigenvalue weighted by Crippen LogP contribution is 2.41. The molecule has 0 heterocycles. The lowest BCUT2D eigenvalue weighted by atomic mass is 9.97. The molecule has 1 aliphatic rings. The van der Waals surface area contributed by atoms with Crippen molar-refractivity contribution in [3.63, 3.8) is 0 Å². The van der Waals surface area contributed by atoms with Crippen molar-refractivity contribution in [2.24, 2.45) is 0 Å². The summed E-state index contributed by atoms with van der Waals surface area (Å²) < 4.78 is 40.9. The third-order valence-electron chi connectivity index (χ3n) is 6.65. The van der Waals surface area contributed by atoms with E-state index in [0.717, 1.165) is 12.8 Å². The lowest BCUT2D eigenvalue weighted by Crippen LogP contribution is -2.33. The van der Waals surface area contributed by atoms with Gasteiger partial charge in [0, 0.05) is 0 Å². The lowest BCUT2D eigenvalue weighted by Gasteiger charge is -2.28. The molecule has 1 aliphatic carbocycles. The van der Waals surface area contributed by atoms with Crippen molar-refractivity contribution in [1.29, 1.82) is 0 Å². The summed E-state index contributed by atoms with van der Waals surface area (Å²) in [5.74, 6) is 0.179. The number of phosphoric ester groups is 1.